The van der Waals surface area contributed by atoms with Crippen molar-refractivity contribution in [1.82, 2.24) is 15.4 Å². The van der Waals surface area contributed by atoms with Crippen molar-refractivity contribution in [2.75, 3.05) is 38.5 Å². The Morgan fingerprint density at radius 1 is 1.28 bits per heavy atom. The van der Waals surface area contributed by atoms with E-state index in [2.05, 4.69) is 39.4 Å². The lowest BCUT2D eigenvalue weighted by molar-refractivity contribution is 0.0200. The van der Waals surface area contributed by atoms with E-state index in [4.69, 9.17) is 4.74 Å². The van der Waals surface area contributed by atoms with Crippen LogP contribution in [0.25, 0.3) is 0 Å². The summed E-state index contributed by atoms with van der Waals surface area (Å²) in [6, 6.07) is 10.2. The molecule has 0 amide bonds. The van der Waals surface area contributed by atoms with Crippen LogP contribution in [0.15, 0.2) is 40.2 Å². The van der Waals surface area contributed by atoms with Crippen LogP contribution in [0.1, 0.15) is 33.1 Å². The van der Waals surface area contributed by atoms with E-state index in [1.54, 1.807) is 11.8 Å². The normalized spacial score (nSPS) is 19.0. The van der Waals surface area contributed by atoms with Gasteiger partial charge in [0.25, 0.3) is 0 Å². The molecule has 164 valence electrons. The largest absolute Gasteiger partial charge is 0.377 e. The van der Waals surface area contributed by atoms with Crippen molar-refractivity contribution in [2.24, 2.45) is 4.99 Å². The first-order chi connectivity index (χ1) is 14.0. The average molecular weight is 443 g/mol. The highest BCUT2D eigenvalue weighted by Gasteiger charge is 2.17. The van der Waals surface area contributed by atoms with Crippen LogP contribution in [0.4, 0.5) is 0 Å². The molecule has 7 nitrogen and oxygen atoms in total. The maximum Gasteiger partial charge on any atom is 0.213 e. The van der Waals surface area contributed by atoms with Crippen LogP contribution in [0, 0.1) is 0 Å². The van der Waals surface area contributed by atoms with Gasteiger partial charge in [0.2, 0.25) is 10.0 Å². The minimum absolute atomic E-state index is 0.00153. The minimum atomic E-state index is -3.34. The maximum atomic E-state index is 12.2. The Labute approximate surface area is 179 Å². The summed E-state index contributed by atoms with van der Waals surface area (Å²) >= 11 is 1.77. The van der Waals surface area contributed by atoms with Gasteiger partial charge in [0.05, 0.1) is 18.4 Å². The molecule has 1 aliphatic heterocycles. The lowest BCUT2D eigenvalue weighted by Gasteiger charge is -2.22. The van der Waals surface area contributed by atoms with E-state index in [9.17, 15) is 8.42 Å². The Bertz CT molecular complexity index is 708. The molecule has 1 aromatic carbocycles. The molecule has 1 saturated heterocycles. The van der Waals surface area contributed by atoms with Crippen molar-refractivity contribution in [3.8, 4) is 0 Å². The first-order valence-corrected chi connectivity index (χ1v) is 12.8. The number of rotatable bonds is 11. The molecular formula is C20H34N4O3S2. The molecule has 1 aromatic rings. The molecule has 2 rings (SSSR count). The SMILES string of the molecule is CCNC(=NCC(C)Sc1ccccc1)NCCS(=O)(=O)NCC1CCCCO1. The molecule has 0 aliphatic carbocycles. The third-order valence-electron chi connectivity index (χ3n) is 4.40. The van der Waals surface area contributed by atoms with Crippen LogP contribution in [-0.4, -0.2) is 64.3 Å². The number of nitrogens with one attached hydrogen (secondary N) is 3. The second kappa shape index (κ2) is 13.1. The highest BCUT2D eigenvalue weighted by Crippen LogP contribution is 2.22. The lowest BCUT2D eigenvalue weighted by Crippen LogP contribution is -2.42. The van der Waals surface area contributed by atoms with Gasteiger partial charge in [0.15, 0.2) is 5.96 Å². The van der Waals surface area contributed by atoms with Crippen LogP contribution in [-0.2, 0) is 14.8 Å². The summed E-state index contributed by atoms with van der Waals surface area (Å²) in [4.78, 5) is 5.80. The van der Waals surface area contributed by atoms with Crippen molar-refractivity contribution >= 4 is 27.7 Å². The molecule has 1 aliphatic rings. The molecular weight excluding hydrogens is 408 g/mol. The standard InChI is InChI=1S/C20H34N4O3S2/c1-3-21-20(23-15-17(2)28-19-10-5-4-6-11-19)22-12-14-29(25,26)24-16-18-9-7-8-13-27-18/h4-6,10-11,17-18,24H,3,7-9,12-16H2,1-2H3,(H2,21,22,23). The van der Waals surface area contributed by atoms with Crippen LogP contribution in [0.2, 0.25) is 0 Å². The number of nitrogens with zero attached hydrogens (tertiary/aromatic N) is 1. The Balaban J connectivity index is 1.73. The number of guanidine groups is 1. The maximum absolute atomic E-state index is 12.2. The van der Waals surface area contributed by atoms with Crippen molar-refractivity contribution < 1.29 is 13.2 Å². The molecule has 9 heteroatoms. The molecule has 0 aromatic heterocycles. The third kappa shape index (κ3) is 10.3. The van der Waals surface area contributed by atoms with E-state index in [-0.39, 0.29) is 11.9 Å². The number of benzene rings is 1. The summed E-state index contributed by atoms with van der Waals surface area (Å²) in [6.45, 7) is 6.85. The summed E-state index contributed by atoms with van der Waals surface area (Å²) in [5.41, 5.74) is 0. The van der Waals surface area contributed by atoms with Gasteiger partial charge in [-0.05, 0) is 38.3 Å². The van der Waals surface area contributed by atoms with Crippen LogP contribution in [0.5, 0.6) is 0 Å². The fraction of sp³-hybridized carbons (Fsp3) is 0.650. The molecule has 1 fully saturated rings. The number of thioether (sulfide) groups is 1. The summed E-state index contributed by atoms with van der Waals surface area (Å²) in [6.07, 6.45) is 3.06. The van der Waals surface area contributed by atoms with Gasteiger partial charge in [-0.2, -0.15) is 0 Å². The molecule has 2 atom stereocenters. The molecule has 0 radical (unpaired) electrons. The summed E-state index contributed by atoms with van der Waals surface area (Å²) < 4.78 is 32.6. The minimum Gasteiger partial charge on any atom is -0.377 e. The second-order valence-electron chi connectivity index (χ2n) is 7.04. The van der Waals surface area contributed by atoms with Crippen LogP contribution < -0.4 is 15.4 Å². The number of hydrogen-bond acceptors (Lipinski definition) is 5. The summed E-state index contributed by atoms with van der Waals surface area (Å²) in [5, 5.41) is 6.59. The topological polar surface area (TPSA) is 91.8 Å². The van der Waals surface area contributed by atoms with Gasteiger partial charge in [-0.25, -0.2) is 13.1 Å². The highest BCUT2D eigenvalue weighted by molar-refractivity contribution is 8.00. The summed E-state index contributed by atoms with van der Waals surface area (Å²) in [5.74, 6) is 0.636. The van der Waals surface area contributed by atoms with Gasteiger partial charge in [0, 0.05) is 36.4 Å². The predicted octanol–water partition coefficient (Wildman–Crippen LogP) is 2.21. The number of sulfonamides is 1. The van der Waals surface area contributed by atoms with Gasteiger partial charge in [-0.3, -0.25) is 4.99 Å². The van der Waals surface area contributed by atoms with Gasteiger partial charge in [-0.1, -0.05) is 25.1 Å². The Kier molecular flexibility index (Phi) is 10.8. The fourth-order valence-electron chi connectivity index (χ4n) is 2.89. The molecule has 29 heavy (non-hydrogen) atoms. The van der Waals surface area contributed by atoms with E-state index in [1.165, 1.54) is 4.90 Å². The lowest BCUT2D eigenvalue weighted by atomic mass is 10.1. The smallest absolute Gasteiger partial charge is 0.213 e. The van der Waals surface area contributed by atoms with Gasteiger partial charge in [0.1, 0.15) is 0 Å². The third-order valence-corrected chi connectivity index (χ3v) is 6.84. The number of hydrogen-bond donors (Lipinski definition) is 3. The fourth-order valence-corrected chi connectivity index (χ4v) is 4.78. The number of aliphatic imine (C=N–C) groups is 1. The molecule has 3 N–H and O–H groups in total. The average Bonchev–Trinajstić information content (AvgIpc) is 2.72. The monoisotopic (exact) mass is 442 g/mol. The summed E-state index contributed by atoms with van der Waals surface area (Å²) in [7, 11) is -3.34. The molecule has 0 spiro atoms. The van der Waals surface area contributed by atoms with E-state index in [0.717, 1.165) is 32.4 Å². The zero-order valence-corrected chi connectivity index (χ0v) is 19.0. The first kappa shape index (κ1) is 24.0. The van der Waals surface area contributed by atoms with E-state index < -0.39 is 10.0 Å². The molecule has 2 unspecified atom stereocenters. The molecule has 0 bridgehead atoms. The van der Waals surface area contributed by atoms with Gasteiger partial charge < -0.3 is 15.4 Å². The first-order valence-electron chi connectivity index (χ1n) is 10.3. The molecule has 1 heterocycles. The Hall–Kier alpha value is -1.29. The van der Waals surface area contributed by atoms with Gasteiger partial charge >= 0.3 is 0 Å². The van der Waals surface area contributed by atoms with E-state index in [0.29, 0.717) is 30.8 Å². The molecule has 0 saturated carbocycles. The van der Waals surface area contributed by atoms with Crippen LogP contribution in [0.3, 0.4) is 0 Å². The Morgan fingerprint density at radius 3 is 2.76 bits per heavy atom. The Morgan fingerprint density at radius 2 is 2.07 bits per heavy atom. The van der Waals surface area contributed by atoms with E-state index >= 15 is 0 Å². The zero-order chi connectivity index (χ0) is 21.0. The van der Waals surface area contributed by atoms with Crippen molar-refractivity contribution in [3.05, 3.63) is 30.3 Å². The highest BCUT2D eigenvalue weighted by atomic mass is 32.2. The van der Waals surface area contributed by atoms with Crippen molar-refractivity contribution in [2.45, 2.75) is 49.4 Å². The van der Waals surface area contributed by atoms with Crippen molar-refractivity contribution in [1.29, 1.82) is 0 Å². The van der Waals surface area contributed by atoms with Gasteiger partial charge in [-0.15, -0.1) is 11.8 Å². The number of ether oxygens (including phenoxy) is 1. The van der Waals surface area contributed by atoms with E-state index in [1.807, 2.05) is 25.1 Å². The quantitative estimate of drug-likeness (QED) is 0.276. The predicted molar refractivity (Wildman–Crippen MR) is 121 cm³/mol. The van der Waals surface area contributed by atoms with Crippen LogP contribution >= 0.6 is 11.8 Å². The second-order valence-corrected chi connectivity index (χ2v) is 10.5. The zero-order valence-electron chi connectivity index (χ0n) is 17.4. The van der Waals surface area contributed by atoms with Crippen molar-refractivity contribution in [3.63, 3.8) is 0 Å².